The highest BCUT2D eigenvalue weighted by Crippen LogP contribution is 2.16. The van der Waals surface area contributed by atoms with Crippen LogP contribution in [0, 0.1) is 10.1 Å². The minimum atomic E-state index is -0.376. The van der Waals surface area contributed by atoms with Gasteiger partial charge in [0.25, 0.3) is 5.69 Å². The van der Waals surface area contributed by atoms with Gasteiger partial charge in [0.1, 0.15) is 0 Å². The average Bonchev–Trinajstić information content (AvgIpc) is 2.68. The van der Waals surface area contributed by atoms with Crippen LogP contribution in [0.2, 0.25) is 0 Å². The zero-order valence-electron chi connectivity index (χ0n) is 14.5. The summed E-state index contributed by atoms with van der Waals surface area (Å²) in [6, 6.07) is 16.5. The number of carbonyl (C=O) groups is 1. The van der Waals surface area contributed by atoms with Gasteiger partial charge >= 0.3 is 0 Å². The fourth-order valence-corrected chi connectivity index (χ4v) is 2.99. The number of amides is 1. The lowest BCUT2D eigenvalue weighted by Gasteiger charge is -2.34. The Labute approximate surface area is 152 Å². The van der Waals surface area contributed by atoms with Gasteiger partial charge < -0.3 is 4.90 Å². The Balaban J connectivity index is 1.51. The number of carbonyl (C=O) groups excluding carboxylic acids is 1. The Hall–Kier alpha value is -2.99. The second kappa shape index (κ2) is 8.40. The van der Waals surface area contributed by atoms with Gasteiger partial charge in [-0.3, -0.25) is 19.8 Å². The van der Waals surface area contributed by atoms with Gasteiger partial charge in [-0.25, -0.2) is 0 Å². The minimum absolute atomic E-state index is 0.0175. The second-order valence-corrected chi connectivity index (χ2v) is 6.27. The van der Waals surface area contributed by atoms with E-state index in [0.717, 1.165) is 24.2 Å². The van der Waals surface area contributed by atoms with E-state index in [0.29, 0.717) is 19.6 Å². The fourth-order valence-electron chi connectivity index (χ4n) is 2.99. The summed E-state index contributed by atoms with van der Waals surface area (Å²) in [5, 5.41) is 10.9. The maximum absolute atomic E-state index is 12.3. The molecule has 2 aromatic rings. The molecule has 0 atom stereocenters. The summed E-state index contributed by atoms with van der Waals surface area (Å²) < 4.78 is 0. The first-order valence-corrected chi connectivity index (χ1v) is 8.59. The number of nitro benzene ring substituents is 1. The summed E-state index contributed by atoms with van der Waals surface area (Å²) in [7, 11) is 0. The lowest BCUT2D eigenvalue weighted by atomic mass is 10.1. The maximum atomic E-state index is 12.3. The molecule has 6 heteroatoms. The molecule has 0 radical (unpaired) electrons. The zero-order valence-corrected chi connectivity index (χ0v) is 14.5. The van der Waals surface area contributed by atoms with Crippen LogP contribution in [0.15, 0.2) is 60.7 Å². The first-order chi connectivity index (χ1) is 12.6. The van der Waals surface area contributed by atoms with Crippen LogP contribution in [-0.2, 0) is 11.3 Å². The molecule has 3 rings (SSSR count). The van der Waals surface area contributed by atoms with Gasteiger partial charge in [0.15, 0.2) is 0 Å². The molecule has 134 valence electrons. The van der Waals surface area contributed by atoms with Crippen molar-refractivity contribution in [3.05, 3.63) is 81.9 Å². The highest BCUT2D eigenvalue weighted by Gasteiger charge is 2.20. The Morgan fingerprint density at radius 1 is 1.04 bits per heavy atom. The predicted octanol–water partition coefficient (Wildman–Crippen LogP) is 2.95. The van der Waals surface area contributed by atoms with E-state index in [-0.39, 0.29) is 16.5 Å². The molecule has 0 spiro atoms. The third kappa shape index (κ3) is 4.77. The average molecular weight is 351 g/mol. The topological polar surface area (TPSA) is 66.7 Å². The zero-order chi connectivity index (χ0) is 18.4. The molecule has 0 saturated carbocycles. The van der Waals surface area contributed by atoms with Gasteiger partial charge in [0.05, 0.1) is 4.92 Å². The molecule has 0 aliphatic carbocycles. The predicted molar refractivity (Wildman–Crippen MR) is 100 cm³/mol. The molecule has 6 nitrogen and oxygen atoms in total. The lowest BCUT2D eigenvalue weighted by molar-refractivity contribution is -0.384. The highest BCUT2D eigenvalue weighted by molar-refractivity contribution is 5.91. The van der Waals surface area contributed by atoms with E-state index in [9.17, 15) is 14.9 Å². The molecular formula is C20H21N3O3. The van der Waals surface area contributed by atoms with Crippen molar-refractivity contribution in [3.8, 4) is 0 Å². The van der Waals surface area contributed by atoms with Crippen LogP contribution in [0.3, 0.4) is 0 Å². The number of hydrogen-bond acceptors (Lipinski definition) is 4. The highest BCUT2D eigenvalue weighted by atomic mass is 16.6. The van der Waals surface area contributed by atoms with Gasteiger partial charge in [-0.15, -0.1) is 0 Å². The van der Waals surface area contributed by atoms with Crippen LogP contribution >= 0.6 is 0 Å². The maximum Gasteiger partial charge on any atom is 0.269 e. The van der Waals surface area contributed by atoms with Gasteiger partial charge in [-0.2, -0.15) is 0 Å². The monoisotopic (exact) mass is 351 g/mol. The van der Waals surface area contributed by atoms with Gasteiger partial charge in [0.2, 0.25) is 5.91 Å². The van der Waals surface area contributed by atoms with Crippen LogP contribution in [0.5, 0.6) is 0 Å². The Morgan fingerprint density at radius 2 is 1.77 bits per heavy atom. The molecule has 1 fully saturated rings. The van der Waals surface area contributed by atoms with E-state index in [2.05, 4.69) is 4.90 Å². The van der Waals surface area contributed by atoms with Crippen LogP contribution in [0.1, 0.15) is 11.1 Å². The molecule has 0 bridgehead atoms. The second-order valence-electron chi connectivity index (χ2n) is 6.27. The van der Waals surface area contributed by atoms with E-state index in [4.69, 9.17) is 0 Å². The largest absolute Gasteiger partial charge is 0.337 e. The quantitative estimate of drug-likeness (QED) is 0.472. The normalized spacial score (nSPS) is 15.3. The molecule has 1 aliphatic heterocycles. The molecule has 0 aromatic heterocycles. The third-order valence-electron chi connectivity index (χ3n) is 4.43. The fraction of sp³-hybridized carbons (Fsp3) is 0.250. The van der Waals surface area contributed by atoms with E-state index >= 15 is 0 Å². The number of benzene rings is 2. The van der Waals surface area contributed by atoms with E-state index in [1.165, 1.54) is 6.07 Å². The van der Waals surface area contributed by atoms with Crippen molar-refractivity contribution in [2.24, 2.45) is 0 Å². The molecule has 2 aromatic carbocycles. The summed E-state index contributed by atoms with van der Waals surface area (Å²) in [5.41, 5.74) is 2.04. The van der Waals surface area contributed by atoms with Crippen LogP contribution in [-0.4, -0.2) is 46.8 Å². The van der Waals surface area contributed by atoms with Crippen LogP contribution in [0.25, 0.3) is 6.08 Å². The standard InChI is InChI=1S/C20H21N3O3/c24-20(10-9-17-5-2-1-3-6-17)22-13-11-21(12-14-22)16-18-7-4-8-19(15-18)23(25)26/h1-10,15H,11-14,16H2/b10-9+. The van der Waals surface area contributed by atoms with Crippen LogP contribution < -0.4 is 0 Å². The molecule has 0 unspecified atom stereocenters. The van der Waals surface area contributed by atoms with Crippen LogP contribution in [0.4, 0.5) is 5.69 Å². The molecular weight excluding hydrogens is 330 g/mol. The van der Waals surface area contributed by atoms with Gasteiger partial charge in [-0.1, -0.05) is 42.5 Å². The minimum Gasteiger partial charge on any atom is -0.337 e. The first kappa shape index (κ1) is 17.8. The first-order valence-electron chi connectivity index (χ1n) is 8.59. The molecule has 1 saturated heterocycles. The van der Waals surface area contributed by atoms with Crippen molar-refractivity contribution in [2.45, 2.75) is 6.54 Å². The number of non-ortho nitro benzene ring substituents is 1. The summed E-state index contributed by atoms with van der Waals surface area (Å²) >= 11 is 0. The van der Waals surface area contributed by atoms with Gasteiger partial charge in [0, 0.05) is 50.9 Å². The van der Waals surface area contributed by atoms with Crippen molar-refractivity contribution in [1.82, 2.24) is 9.80 Å². The molecule has 1 aliphatic rings. The summed E-state index contributed by atoms with van der Waals surface area (Å²) in [5.74, 6) is 0.0175. The Kier molecular flexibility index (Phi) is 5.76. The smallest absolute Gasteiger partial charge is 0.269 e. The number of nitrogens with zero attached hydrogens (tertiary/aromatic N) is 3. The Morgan fingerprint density at radius 3 is 2.46 bits per heavy atom. The summed E-state index contributed by atoms with van der Waals surface area (Å²) in [6.45, 7) is 3.49. The third-order valence-corrected chi connectivity index (χ3v) is 4.43. The van der Waals surface area contributed by atoms with Crippen molar-refractivity contribution in [3.63, 3.8) is 0 Å². The van der Waals surface area contributed by atoms with Crippen molar-refractivity contribution in [2.75, 3.05) is 26.2 Å². The number of hydrogen-bond donors (Lipinski definition) is 0. The molecule has 1 amide bonds. The summed E-state index contributed by atoms with van der Waals surface area (Å²) in [4.78, 5) is 26.8. The lowest BCUT2D eigenvalue weighted by Crippen LogP contribution is -2.47. The number of rotatable bonds is 5. The van der Waals surface area contributed by atoms with Gasteiger partial charge in [-0.05, 0) is 17.2 Å². The van der Waals surface area contributed by atoms with E-state index < -0.39 is 0 Å². The molecule has 1 heterocycles. The number of piperazine rings is 1. The van der Waals surface area contributed by atoms with E-state index in [1.54, 1.807) is 18.2 Å². The van der Waals surface area contributed by atoms with Crippen molar-refractivity contribution in [1.29, 1.82) is 0 Å². The van der Waals surface area contributed by atoms with Crippen molar-refractivity contribution >= 4 is 17.7 Å². The molecule has 26 heavy (non-hydrogen) atoms. The van der Waals surface area contributed by atoms with Crippen molar-refractivity contribution < 1.29 is 9.72 Å². The van der Waals surface area contributed by atoms with E-state index in [1.807, 2.05) is 47.4 Å². The summed E-state index contributed by atoms with van der Waals surface area (Å²) in [6.07, 6.45) is 3.45. The molecule has 0 N–H and O–H groups in total. The number of nitro groups is 1. The Bertz CT molecular complexity index is 797. The SMILES string of the molecule is O=C(/C=C/c1ccccc1)N1CCN(Cc2cccc([N+](=O)[O-])c2)CC1.